The van der Waals surface area contributed by atoms with Gasteiger partial charge in [-0.05, 0) is 90.7 Å². The van der Waals surface area contributed by atoms with Crippen LogP contribution in [0.5, 0.6) is 0 Å². The van der Waals surface area contributed by atoms with Gasteiger partial charge in [0.15, 0.2) is 0 Å². The number of rotatable bonds is 5. The molecule has 2 fully saturated rings. The topological polar surface area (TPSA) is 61.9 Å². The smallest absolute Gasteiger partial charge is 0.408 e. The van der Waals surface area contributed by atoms with Crippen LogP contribution in [0.15, 0.2) is 0 Å². The largest absolute Gasteiger partial charge is 0.444 e. The van der Waals surface area contributed by atoms with E-state index in [0.717, 1.165) is 31.8 Å². The zero-order valence-corrected chi connectivity index (χ0v) is 18.5. The van der Waals surface area contributed by atoms with Crippen LogP contribution in [0.1, 0.15) is 68.1 Å². The molecular formula is C22H41N3O3. The summed E-state index contributed by atoms with van der Waals surface area (Å²) in [6.45, 7) is 11.4. The Balaban J connectivity index is 1.89. The summed E-state index contributed by atoms with van der Waals surface area (Å²) >= 11 is 0. The van der Waals surface area contributed by atoms with E-state index >= 15 is 0 Å². The van der Waals surface area contributed by atoms with Crippen LogP contribution in [0.25, 0.3) is 0 Å². The maximum absolute atomic E-state index is 13.1. The molecule has 0 aromatic rings. The number of hydrogen-bond donors (Lipinski definition) is 1. The molecule has 2 saturated heterocycles. The molecule has 2 amide bonds. The molecule has 0 radical (unpaired) electrons. The lowest BCUT2D eigenvalue weighted by atomic mass is 9.79. The molecule has 2 heterocycles. The van der Waals surface area contributed by atoms with E-state index in [-0.39, 0.29) is 18.7 Å². The number of likely N-dealkylation sites (tertiary alicyclic amines) is 2. The molecule has 6 heteroatoms. The van der Waals surface area contributed by atoms with Gasteiger partial charge in [-0.2, -0.15) is 0 Å². The lowest BCUT2D eigenvalue weighted by Crippen LogP contribution is -2.52. The predicted octanol–water partition coefficient (Wildman–Crippen LogP) is 3.51. The normalized spacial score (nSPS) is 22.1. The standard InChI is InChI=1S/C22H41N3O3/c1-16(2)15-19(23-21(27)28-22(3,4)5)20(26)25-13-9-18(10-14-25)17-7-11-24(6)12-8-17/h16-19H,7-15H2,1-6H3,(H,23,27)/t19-/m0/s1/i3D. The molecule has 0 bridgehead atoms. The van der Waals surface area contributed by atoms with Crippen LogP contribution in [0.3, 0.4) is 0 Å². The quantitative estimate of drug-likeness (QED) is 0.772. The third-order valence-electron chi connectivity index (χ3n) is 5.95. The zero-order chi connectivity index (χ0) is 21.6. The number of nitrogens with one attached hydrogen (secondary N) is 1. The van der Waals surface area contributed by atoms with Crippen molar-refractivity contribution in [3.05, 3.63) is 0 Å². The van der Waals surface area contributed by atoms with E-state index in [4.69, 9.17) is 6.11 Å². The van der Waals surface area contributed by atoms with Gasteiger partial charge in [-0.25, -0.2) is 4.79 Å². The van der Waals surface area contributed by atoms with Gasteiger partial charge in [0, 0.05) is 14.5 Å². The number of carbonyl (C=O) groups is 2. The van der Waals surface area contributed by atoms with Gasteiger partial charge < -0.3 is 19.9 Å². The molecule has 2 rings (SSSR count). The molecule has 2 aliphatic heterocycles. The Labute approximate surface area is 172 Å². The molecule has 0 aromatic heterocycles. The summed E-state index contributed by atoms with van der Waals surface area (Å²) in [4.78, 5) is 29.8. The van der Waals surface area contributed by atoms with Crippen molar-refractivity contribution >= 4 is 12.0 Å². The molecule has 0 unspecified atom stereocenters. The molecule has 0 aromatic carbocycles. The number of piperidine rings is 2. The summed E-state index contributed by atoms with van der Waals surface area (Å²) in [6.07, 6.45) is 4.64. The zero-order valence-electron chi connectivity index (χ0n) is 19.5. The first-order chi connectivity index (χ1) is 13.6. The molecule has 6 nitrogen and oxygen atoms in total. The monoisotopic (exact) mass is 396 g/mol. The molecule has 0 spiro atoms. The van der Waals surface area contributed by atoms with Gasteiger partial charge >= 0.3 is 6.09 Å². The van der Waals surface area contributed by atoms with Crippen molar-refractivity contribution in [1.29, 1.82) is 0 Å². The minimum Gasteiger partial charge on any atom is -0.444 e. The van der Waals surface area contributed by atoms with Crippen molar-refractivity contribution in [2.45, 2.75) is 78.3 Å². The molecule has 1 N–H and O–H groups in total. The summed E-state index contributed by atoms with van der Waals surface area (Å²) in [5, 5.41) is 2.77. The van der Waals surface area contributed by atoms with Gasteiger partial charge in [0.2, 0.25) is 5.91 Å². The van der Waals surface area contributed by atoms with Crippen molar-refractivity contribution in [2.75, 3.05) is 33.2 Å². The highest BCUT2D eigenvalue weighted by Gasteiger charge is 2.33. The summed E-state index contributed by atoms with van der Waals surface area (Å²) in [5.41, 5.74) is -0.859. The number of nitrogens with zero attached hydrogens (tertiary/aromatic N) is 2. The van der Waals surface area contributed by atoms with Crippen LogP contribution >= 0.6 is 0 Å². The number of carbonyl (C=O) groups excluding carboxylic acids is 2. The first-order valence-electron chi connectivity index (χ1n) is 11.6. The Hall–Kier alpha value is -1.30. The maximum atomic E-state index is 13.1. The maximum Gasteiger partial charge on any atom is 0.408 e. The Morgan fingerprint density at radius 1 is 1.11 bits per heavy atom. The van der Waals surface area contributed by atoms with Gasteiger partial charge in [0.25, 0.3) is 0 Å². The first kappa shape index (κ1) is 21.4. The molecular weight excluding hydrogens is 354 g/mol. The average molecular weight is 397 g/mol. The van der Waals surface area contributed by atoms with Crippen LogP contribution in [-0.2, 0) is 9.53 Å². The number of ether oxygens (including phenoxy) is 1. The summed E-state index contributed by atoms with van der Waals surface area (Å²) in [6, 6.07) is -0.566. The second kappa shape index (κ2) is 9.95. The van der Waals surface area contributed by atoms with E-state index in [0.29, 0.717) is 12.3 Å². The highest BCUT2D eigenvalue weighted by molar-refractivity contribution is 5.85. The SMILES string of the molecule is [2H]CC(C)(C)OC(=O)N[C@@H](CC(C)C)C(=O)N1CCC(C2CCN(C)CC2)CC1. The van der Waals surface area contributed by atoms with Crippen LogP contribution in [-0.4, -0.2) is 66.7 Å². The highest BCUT2D eigenvalue weighted by atomic mass is 16.6. The third-order valence-corrected chi connectivity index (χ3v) is 5.95. The lowest BCUT2D eigenvalue weighted by molar-refractivity contribution is -0.135. The van der Waals surface area contributed by atoms with Crippen LogP contribution < -0.4 is 5.32 Å². The van der Waals surface area contributed by atoms with Gasteiger partial charge in [-0.1, -0.05) is 13.8 Å². The van der Waals surface area contributed by atoms with E-state index < -0.39 is 17.7 Å². The Morgan fingerprint density at radius 3 is 2.14 bits per heavy atom. The molecule has 162 valence electrons. The van der Waals surface area contributed by atoms with Crippen LogP contribution in [0.2, 0.25) is 0 Å². The van der Waals surface area contributed by atoms with Crippen LogP contribution in [0.4, 0.5) is 4.79 Å². The fourth-order valence-electron chi connectivity index (χ4n) is 4.43. The van der Waals surface area contributed by atoms with Crippen LogP contribution in [0, 0.1) is 17.8 Å². The van der Waals surface area contributed by atoms with E-state index in [2.05, 4.69) is 17.3 Å². The minimum absolute atomic E-state index is 0.00107. The van der Waals surface area contributed by atoms with Crippen molar-refractivity contribution in [3.63, 3.8) is 0 Å². The summed E-state index contributed by atoms with van der Waals surface area (Å²) < 4.78 is 12.8. The van der Waals surface area contributed by atoms with E-state index in [9.17, 15) is 9.59 Å². The summed E-state index contributed by atoms with van der Waals surface area (Å²) in [7, 11) is 2.19. The Morgan fingerprint density at radius 2 is 1.64 bits per heavy atom. The number of amides is 2. The Kier molecular flexibility index (Phi) is 7.61. The molecule has 2 aliphatic rings. The van der Waals surface area contributed by atoms with E-state index in [1.54, 1.807) is 13.8 Å². The van der Waals surface area contributed by atoms with Gasteiger partial charge in [0.1, 0.15) is 11.6 Å². The lowest BCUT2D eigenvalue weighted by Gasteiger charge is -2.40. The van der Waals surface area contributed by atoms with E-state index in [1.165, 1.54) is 25.9 Å². The van der Waals surface area contributed by atoms with Crippen molar-refractivity contribution in [2.24, 2.45) is 17.8 Å². The number of alkyl carbamates (subject to hydrolysis) is 1. The molecule has 28 heavy (non-hydrogen) atoms. The van der Waals surface area contributed by atoms with Gasteiger partial charge in [-0.3, -0.25) is 4.79 Å². The second-order valence-corrected chi connectivity index (χ2v) is 9.78. The average Bonchev–Trinajstić information content (AvgIpc) is 2.67. The van der Waals surface area contributed by atoms with Crippen molar-refractivity contribution < 1.29 is 15.7 Å². The predicted molar refractivity (Wildman–Crippen MR) is 112 cm³/mol. The van der Waals surface area contributed by atoms with E-state index in [1.807, 2.05) is 18.7 Å². The molecule has 0 saturated carbocycles. The first-order valence-corrected chi connectivity index (χ1v) is 10.9. The fraction of sp³-hybridized carbons (Fsp3) is 0.909. The molecule has 1 atom stereocenters. The fourth-order valence-corrected chi connectivity index (χ4v) is 4.43. The third kappa shape index (κ3) is 7.26. The minimum atomic E-state index is -0.859. The summed E-state index contributed by atoms with van der Waals surface area (Å²) in [5.74, 6) is 1.79. The van der Waals surface area contributed by atoms with Gasteiger partial charge in [-0.15, -0.1) is 0 Å². The van der Waals surface area contributed by atoms with Crippen molar-refractivity contribution in [1.82, 2.24) is 15.1 Å². The highest BCUT2D eigenvalue weighted by Crippen LogP contribution is 2.32. The van der Waals surface area contributed by atoms with Gasteiger partial charge in [0.05, 0.1) is 0 Å². The molecule has 0 aliphatic carbocycles. The Bertz CT molecular complexity index is 539. The second-order valence-electron chi connectivity index (χ2n) is 9.78. The number of hydrogen-bond acceptors (Lipinski definition) is 4. The van der Waals surface area contributed by atoms with Crippen molar-refractivity contribution in [3.8, 4) is 0 Å².